The molecule has 1 aliphatic rings. The molecule has 106 valence electrons. The number of likely N-dealkylation sites (N-methyl/N-ethyl adjacent to an activating group) is 1. The molecule has 0 aromatic carbocycles. The number of piperidine rings is 1. The van der Waals surface area contributed by atoms with Crippen LogP contribution in [0.5, 0.6) is 0 Å². The van der Waals surface area contributed by atoms with Gasteiger partial charge in [-0.25, -0.2) is 0 Å². The van der Waals surface area contributed by atoms with Crippen molar-refractivity contribution in [3.63, 3.8) is 0 Å². The van der Waals surface area contributed by atoms with Gasteiger partial charge in [0.1, 0.15) is 0 Å². The Hall–Kier alpha value is -0.610. The molecule has 1 fully saturated rings. The Labute approximate surface area is 111 Å². The van der Waals surface area contributed by atoms with Gasteiger partial charge in [0.15, 0.2) is 0 Å². The molecule has 0 bridgehead atoms. The number of amides is 1. The Morgan fingerprint density at radius 3 is 2.44 bits per heavy atom. The fourth-order valence-corrected chi connectivity index (χ4v) is 2.97. The number of rotatable bonds is 5. The molecule has 3 atom stereocenters. The number of nitrogens with zero attached hydrogens (tertiary/aromatic N) is 2. The lowest BCUT2D eigenvalue weighted by molar-refractivity contribution is -0.137. The summed E-state index contributed by atoms with van der Waals surface area (Å²) in [6, 6.07) is 0.451. The fraction of sp³-hybridized carbons (Fsp3) is 0.929. The SMILES string of the molecule is CCN(CC)C(=O)C(C)N1CCCCC1C(C)N. The molecule has 4 heteroatoms. The number of likely N-dealkylation sites (tertiary alicyclic amines) is 1. The summed E-state index contributed by atoms with van der Waals surface area (Å²) >= 11 is 0. The number of nitrogens with two attached hydrogens (primary N) is 1. The number of hydrogen-bond donors (Lipinski definition) is 1. The van der Waals surface area contributed by atoms with Gasteiger partial charge in [0.25, 0.3) is 0 Å². The van der Waals surface area contributed by atoms with Crippen LogP contribution in [-0.2, 0) is 4.79 Å². The van der Waals surface area contributed by atoms with Crippen LogP contribution in [0.1, 0.15) is 47.0 Å². The van der Waals surface area contributed by atoms with Gasteiger partial charge in [-0.05, 0) is 47.1 Å². The van der Waals surface area contributed by atoms with E-state index >= 15 is 0 Å². The van der Waals surface area contributed by atoms with Crippen molar-refractivity contribution in [2.24, 2.45) is 5.73 Å². The predicted molar refractivity (Wildman–Crippen MR) is 75.4 cm³/mol. The lowest BCUT2D eigenvalue weighted by atomic mass is 9.95. The van der Waals surface area contributed by atoms with Crippen LogP contribution in [0.4, 0.5) is 0 Å². The van der Waals surface area contributed by atoms with Crippen LogP contribution in [0.3, 0.4) is 0 Å². The second-order valence-electron chi connectivity index (χ2n) is 5.35. The van der Waals surface area contributed by atoms with Crippen LogP contribution in [-0.4, -0.2) is 53.5 Å². The average molecular weight is 255 g/mol. The van der Waals surface area contributed by atoms with Crippen LogP contribution in [0, 0.1) is 0 Å². The van der Waals surface area contributed by atoms with Crippen molar-refractivity contribution >= 4 is 5.91 Å². The Bertz CT molecular complexity index is 264. The van der Waals surface area contributed by atoms with Crippen molar-refractivity contribution in [1.82, 2.24) is 9.80 Å². The first-order valence-electron chi connectivity index (χ1n) is 7.33. The molecule has 1 saturated heterocycles. The van der Waals surface area contributed by atoms with E-state index in [2.05, 4.69) is 11.8 Å². The summed E-state index contributed by atoms with van der Waals surface area (Å²) in [7, 11) is 0. The maximum absolute atomic E-state index is 12.4. The maximum Gasteiger partial charge on any atom is 0.239 e. The van der Waals surface area contributed by atoms with E-state index in [4.69, 9.17) is 5.73 Å². The minimum atomic E-state index is -0.0406. The molecule has 0 aromatic heterocycles. The van der Waals surface area contributed by atoms with Gasteiger partial charge in [0, 0.05) is 25.2 Å². The molecule has 18 heavy (non-hydrogen) atoms. The molecular weight excluding hydrogens is 226 g/mol. The van der Waals surface area contributed by atoms with Crippen LogP contribution >= 0.6 is 0 Å². The highest BCUT2D eigenvalue weighted by molar-refractivity contribution is 5.81. The summed E-state index contributed by atoms with van der Waals surface area (Å²) in [6.07, 6.45) is 3.53. The second kappa shape index (κ2) is 7.10. The first kappa shape index (κ1) is 15.4. The van der Waals surface area contributed by atoms with E-state index in [0.717, 1.165) is 26.1 Å². The Morgan fingerprint density at radius 2 is 1.94 bits per heavy atom. The molecule has 0 aliphatic carbocycles. The molecule has 0 saturated carbocycles. The quantitative estimate of drug-likeness (QED) is 0.809. The molecular formula is C14H29N3O. The van der Waals surface area contributed by atoms with Gasteiger partial charge in [-0.3, -0.25) is 9.69 Å². The fourth-order valence-electron chi connectivity index (χ4n) is 2.97. The maximum atomic E-state index is 12.4. The Kier molecular flexibility index (Phi) is 6.09. The van der Waals surface area contributed by atoms with Crippen molar-refractivity contribution < 1.29 is 4.79 Å². The highest BCUT2D eigenvalue weighted by atomic mass is 16.2. The molecule has 0 radical (unpaired) electrons. The van der Waals surface area contributed by atoms with Gasteiger partial charge in [-0.15, -0.1) is 0 Å². The van der Waals surface area contributed by atoms with E-state index in [-0.39, 0.29) is 18.0 Å². The number of carbonyl (C=O) groups excluding carboxylic acids is 1. The molecule has 1 amide bonds. The van der Waals surface area contributed by atoms with Crippen molar-refractivity contribution in [3.8, 4) is 0 Å². The molecule has 3 unspecified atom stereocenters. The molecule has 0 spiro atoms. The summed E-state index contributed by atoms with van der Waals surface area (Å²) < 4.78 is 0. The molecule has 1 heterocycles. The zero-order chi connectivity index (χ0) is 13.7. The average Bonchev–Trinajstić information content (AvgIpc) is 2.39. The predicted octanol–water partition coefficient (Wildman–Crippen LogP) is 1.45. The van der Waals surface area contributed by atoms with Crippen molar-refractivity contribution in [2.45, 2.75) is 65.1 Å². The van der Waals surface area contributed by atoms with Crippen molar-refractivity contribution in [2.75, 3.05) is 19.6 Å². The van der Waals surface area contributed by atoms with Crippen molar-refractivity contribution in [3.05, 3.63) is 0 Å². The van der Waals surface area contributed by atoms with E-state index < -0.39 is 0 Å². The highest BCUT2D eigenvalue weighted by Crippen LogP contribution is 2.22. The van der Waals surface area contributed by atoms with Gasteiger partial charge in [0.05, 0.1) is 6.04 Å². The van der Waals surface area contributed by atoms with E-state index in [9.17, 15) is 4.79 Å². The summed E-state index contributed by atoms with van der Waals surface area (Å²) in [5, 5.41) is 0. The number of hydrogen-bond acceptors (Lipinski definition) is 3. The zero-order valence-electron chi connectivity index (χ0n) is 12.4. The molecule has 0 aromatic rings. The third-order valence-electron chi connectivity index (χ3n) is 4.13. The van der Waals surface area contributed by atoms with E-state index in [1.165, 1.54) is 12.8 Å². The topological polar surface area (TPSA) is 49.6 Å². The highest BCUT2D eigenvalue weighted by Gasteiger charge is 2.33. The van der Waals surface area contributed by atoms with Crippen molar-refractivity contribution in [1.29, 1.82) is 0 Å². The van der Waals surface area contributed by atoms with Gasteiger partial charge in [0.2, 0.25) is 5.91 Å². The van der Waals surface area contributed by atoms with Crippen LogP contribution in [0.2, 0.25) is 0 Å². The third kappa shape index (κ3) is 3.45. The lowest BCUT2D eigenvalue weighted by Crippen LogP contribution is -2.57. The third-order valence-corrected chi connectivity index (χ3v) is 4.13. The first-order valence-corrected chi connectivity index (χ1v) is 7.33. The van der Waals surface area contributed by atoms with Gasteiger partial charge < -0.3 is 10.6 Å². The summed E-state index contributed by atoms with van der Waals surface area (Å²) in [4.78, 5) is 16.6. The van der Waals surface area contributed by atoms with Crippen LogP contribution in [0.25, 0.3) is 0 Å². The molecule has 2 N–H and O–H groups in total. The lowest BCUT2D eigenvalue weighted by Gasteiger charge is -2.42. The normalized spacial score (nSPS) is 24.6. The van der Waals surface area contributed by atoms with Gasteiger partial charge in [-0.1, -0.05) is 6.42 Å². The minimum Gasteiger partial charge on any atom is -0.342 e. The Balaban J connectivity index is 2.73. The van der Waals surface area contributed by atoms with Crippen LogP contribution in [0.15, 0.2) is 0 Å². The second-order valence-corrected chi connectivity index (χ2v) is 5.35. The van der Waals surface area contributed by atoms with E-state index in [1.807, 2.05) is 25.7 Å². The van der Waals surface area contributed by atoms with E-state index in [1.54, 1.807) is 0 Å². The minimum absolute atomic E-state index is 0.0406. The smallest absolute Gasteiger partial charge is 0.239 e. The monoisotopic (exact) mass is 255 g/mol. The molecule has 1 aliphatic heterocycles. The van der Waals surface area contributed by atoms with Gasteiger partial charge in [-0.2, -0.15) is 0 Å². The number of carbonyl (C=O) groups is 1. The molecule has 4 nitrogen and oxygen atoms in total. The summed E-state index contributed by atoms with van der Waals surface area (Å²) in [6.45, 7) is 10.7. The largest absolute Gasteiger partial charge is 0.342 e. The van der Waals surface area contributed by atoms with Gasteiger partial charge >= 0.3 is 0 Å². The molecule has 1 rings (SSSR count). The Morgan fingerprint density at radius 1 is 1.33 bits per heavy atom. The summed E-state index contributed by atoms with van der Waals surface area (Å²) in [5.41, 5.74) is 6.07. The summed E-state index contributed by atoms with van der Waals surface area (Å²) in [5.74, 6) is 0.243. The van der Waals surface area contributed by atoms with Crippen LogP contribution < -0.4 is 5.73 Å². The zero-order valence-corrected chi connectivity index (χ0v) is 12.4. The van der Waals surface area contributed by atoms with E-state index in [0.29, 0.717) is 6.04 Å². The first-order chi connectivity index (χ1) is 8.52. The standard InChI is InChI=1S/C14H29N3O/c1-5-16(6-2)14(18)12(4)17-10-8-7-9-13(17)11(3)15/h11-13H,5-10,15H2,1-4H3.